The highest BCUT2D eigenvalue weighted by atomic mass is 16.7. The van der Waals surface area contributed by atoms with Crippen molar-refractivity contribution in [1.82, 2.24) is 0 Å². The van der Waals surface area contributed by atoms with Crippen LogP contribution in [0, 0.1) is 0 Å². The van der Waals surface area contributed by atoms with Crippen LogP contribution in [0.4, 0.5) is 0 Å². The average molecular weight is 893 g/mol. The Morgan fingerprint density at radius 2 is 0.906 bits per heavy atom. The van der Waals surface area contributed by atoms with Crippen LogP contribution in [-0.4, -0.2) is 89.6 Å². The van der Waals surface area contributed by atoms with Gasteiger partial charge in [-0.1, -0.05) is 167 Å². The van der Waals surface area contributed by atoms with E-state index in [9.17, 15) is 25.2 Å². The summed E-state index contributed by atoms with van der Waals surface area (Å²) in [6.45, 7) is 4.23. The van der Waals surface area contributed by atoms with Crippen molar-refractivity contribution in [3.05, 3.63) is 122 Å². The van der Waals surface area contributed by atoms with Crippen molar-refractivity contribution in [2.24, 2.45) is 0 Å². The van der Waals surface area contributed by atoms with E-state index in [1.54, 1.807) is 0 Å². The number of rotatable bonds is 40. The first-order valence-electron chi connectivity index (χ1n) is 24.6. The fraction of sp³-hybridized carbons (Fsp3) is 0.618. The Labute approximate surface area is 388 Å². The van der Waals surface area contributed by atoms with Crippen molar-refractivity contribution in [3.63, 3.8) is 0 Å². The van der Waals surface area contributed by atoms with Gasteiger partial charge in [-0.25, -0.2) is 0 Å². The zero-order valence-electron chi connectivity index (χ0n) is 39.7. The van der Waals surface area contributed by atoms with Gasteiger partial charge < -0.3 is 39.4 Å². The first kappa shape index (κ1) is 58.6. The number of aliphatic hydroxyl groups is 4. The standard InChI is InChI=1S/C55H88O9/c1-3-5-7-9-11-13-15-17-19-21-23-24-25-26-27-28-30-32-34-36-38-40-42-44-51(57)63-49(48-62-55-54(60)53(59)52(58)50(46-56)64-55)47-61-45-43-41-39-37-35-33-31-29-22-20-18-16-14-12-10-8-6-4-2/h5-8,11-14,17-20,23-24,26-27,29-32,49-50,52-56,58-60H,3-4,9-10,15-16,21-22,25,28,33-48H2,1-2H3/b7-5-,8-6-,13-11-,14-12-,19-17-,20-18-,24-23-,27-26-,31-29-,32-30-. The molecule has 9 heteroatoms. The first-order valence-corrected chi connectivity index (χ1v) is 24.6. The number of aliphatic hydroxyl groups excluding tert-OH is 4. The molecule has 4 N–H and O–H groups in total. The highest BCUT2D eigenvalue weighted by Crippen LogP contribution is 2.22. The maximum Gasteiger partial charge on any atom is 0.306 e. The van der Waals surface area contributed by atoms with E-state index in [1.165, 1.54) is 0 Å². The van der Waals surface area contributed by atoms with Crippen LogP contribution in [0.3, 0.4) is 0 Å². The van der Waals surface area contributed by atoms with Gasteiger partial charge in [0.1, 0.15) is 30.5 Å². The van der Waals surface area contributed by atoms with Crippen LogP contribution in [0.25, 0.3) is 0 Å². The van der Waals surface area contributed by atoms with Crippen LogP contribution in [0.15, 0.2) is 122 Å². The van der Waals surface area contributed by atoms with E-state index in [2.05, 4.69) is 135 Å². The first-order chi connectivity index (χ1) is 31.4. The van der Waals surface area contributed by atoms with Gasteiger partial charge in [-0.3, -0.25) is 4.79 Å². The maximum atomic E-state index is 12.8. The summed E-state index contributed by atoms with van der Waals surface area (Å²) in [6.07, 6.45) is 57.9. The molecule has 1 heterocycles. The molecule has 1 rings (SSSR count). The fourth-order valence-electron chi connectivity index (χ4n) is 6.60. The lowest BCUT2D eigenvalue weighted by molar-refractivity contribution is -0.305. The van der Waals surface area contributed by atoms with Crippen molar-refractivity contribution in [2.75, 3.05) is 26.4 Å². The van der Waals surface area contributed by atoms with Crippen molar-refractivity contribution >= 4 is 5.97 Å². The molecule has 9 nitrogen and oxygen atoms in total. The summed E-state index contributed by atoms with van der Waals surface area (Å²) >= 11 is 0. The van der Waals surface area contributed by atoms with Gasteiger partial charge in [-0.2, -0.15) is 0 Å². The molecule has 1 saturated heterocycles. The van der Waals surface area contributed by atoms with Gasteiger partial charge in [0.25, 0.3) is 0 Å². The molecule has 6 atom stereocenters. The Hall–Kier alpha value is -3.41. The van der Waals surface area contributed by atoms with Crippen LogP contribution in [-0.2, 0) is 23.7 Å². The predicted octanol–water partition coefficient (Wildman–Crippen LogP) is 11.9. The number of ether oxygens (including phenoxy) is 4. The molecule has 0 aromatic heterocycles. The second-order valence-corrected chi connectivity index (χ2v) is 16.1. The Kier molecular flexibility index (Phi) is 41.0. The van der Waals surface area contributed by atoms with Gasteiger partial charge in [-0.15, -0.1) is 0 Å². The summed E-state index contributed by atoms with van der Waals surface area (Å²) in [6, 6.07) is 0. The molecule has 0 bridgehead atoms. The zero-order chi connectivity index (χ0) is 46.4. The molecule has 0 aromatic rings. The third-order valence-electron chi connectivity index (χ3n) is 10.4. The summed E-state index contributed by atoms with van der Waals surface area (Å²) in [5.41, 5.74) is 0. The smallest absolute Gasteiger partial charge is 0.306 e. The topological polar surface area (TPSA) is 135 Å². The van der Waals surface area contributed by atoms with Gasteiger partial charge in [0.05, 0.1) is 19.8 Å². The molecule has 362 valence electrons. The van der Waals surface area contributed by atoms with Crippen LogP contribution in [0.1, 0.15) is 155 Å². The molecular weight excluding hydrogens is 805 g/mol. The number of hydrogen-bond donors (Lipinski definition) is 4. The number of esters is 1. The van der Waals surface area contributed by atoms with Gasteiger partial charge in [0.2, 0.25) is 0 Å². The van der Waals surface area contributed by atoms with Crippen LogP contribution in [0.2, 0.25) is 0 Å². The number of unbranched alkanes of at least 4 members (excludes halogenated alkanes) is 9. The summed E-state index contributed by atoms with van der Waals surface area (Å²) in [4.78, 5) is 12.8. The number of hydrogen-bond acceptors (Lipinski definition) is 9. The quantitative estimate of drug-likeness (QED) is 0.0269. The average Bonchev–Trinajstić information content (AvgIpc) is 3.30. The number of carbonyl (C=O) groups excluding carboxylic acids is 1. The van der Waals surface area contributed by atoms with E-state index in [4.69, 9.17) is 18.9 Å². The lowest BCUT2D eigenvalue weighted by atomic mass is 9.99. The van der Waals surface area contributed by atoms with E-state index in [0.29, 0.717) is 13.0 Å². The Bertz CT molecular complexity index is 1390. The summed E-state index contributed by atoms with van der Waals surface area (Å²) < 4.78 is 22.8. The van der Waals surface area contributed by atoms with Crippen LogP contribution >= 0.6 is 0 Å². The van der Waals surface area contributed by atoms with E-state index >= 15 is 0 Å². The fourth-order valence-corrected chi connectivity index (χ4v) is 6.60. The van der Waals surface area contributed by atoms with Crippen LogP contribution in [0.5, 0.6) is 0 Å². The molecule has 6 unspecified atom stereocenters. The Morgan fingerprint density at radius 3 is 1.36 bits per heavy atom. The molecule has 0 aromatic carbocycles. The van der Waals surface area contributed by atoms with Crippen molar-refractivity contribution in [2.45, 2.75) is 192 Å². The molecule has 0 radical (unpaired) electrons. The minimum Gasteiger partial charge on any atom is -0.457 e. The zero-order valence-corrected chi connectivity index (χ0v) is 39.7. The SMILES string of the molecule is CC/C=C\C/C=C\C/C=C\C/C=C\C/C=C\C/C=C\CCCCCCC(=O)OC(COCCCCCCC/C=C\C/C=C\C/C=C\C/C=C\CC)COC1OC(CO)C(O)C(O)C1O. The lowest BCUT2D eigenvalue weighted by Gasteiger charge is -2.39. The van der Waals surface area contributed by atoms with Crippen molar-refractivity contribution in [1.29, 1.82) is 0 Å². The second-order valence-electron chi connectivity index (χ2n) is 16.1. The van der Waals surface area contributed by atoms with E-state index in [-0.39, 0.29) is 25.6 Å². The summed E-state index contributed by atoms with van der Waals surface area (Å²) in [5, 5.41) is 40.2. The van der Waals surface area contributed by atoms with Crippen molar-refractivity contribution < 1.29 is 44.2 Å². The van der Waals surface area contributed by atoms with Gasteiger partial charge >= 0.3 is 5.97 Å². The lowest BCUT2D eigenvalue weighted by Crippen LogP contribution is -2.59. The molecular formula is C55H88O9. The molecule has 0 aliphatic carbocycles. The number of carbonyl (C=O) groups is 1. The second kappa shape index (κ2) is 44.8. The van der Waals surface area contributed by atoms with E-state index < -0.39 is 43.4 Å². The molecule has 64 heavy (non-hydrogen) atoms. The van der Waals surface area contributed by atoms with Crippen molar-refractivity contribution in [3.8, 4) is 0 Å². The molecule has 1 fully saturated rings. The largest absolute Gasteiger partial charge is 0.457 e. The molecule has 0 saturated carbocycles. The van der Waals surface area contributed by atoms with E-state index in [0.717, 1.165) is 128 Å². The molecule has 0 amide bonds. The third-order valence-corrected chi connectivity index (χ3v) is 10.4. The summed E-state index contributed by atoms with van der Waals surface area (Å²) in [7, 11) is 0. The van der Waals surface area contributed by atoms with Gasteiger partial charge in [0, 0.05) is 13.0 Å². The highest BCUT2D eigenvalue weighted by molar-refractivity contribution is 5.69. The molecule has 1 aliphatic heterocycles. The molecule has 1 aliphatic rings. The molecule has 0 spiro atoms. The summed E-state index contributed by atoms with van der Waals surface area (Å²) in [5.74, 6) is -0.351. The minimum atomic E-state index is -1.55. The third kappa shape index (κ3) is 34.9. The predicted molar refractivity (Wildman–Crippen MR) is 265 cm³/mol. The minimum absolute atomic E-state index is 0.112. The van der Waals surface area contributed by atoms with Gasteiger partial charge in [-0.05, 0) is 103 Å². The Morgan fingerprint density at radius 1 is 0.500 bits per heavy atom. The number of allylic oxidation sites excluding steroid dienone is 20. The highest BCUT2D eigenvalue weighted by Gasteiger charge is 2.44. The maximum absolute atomic E-state index is 12.8. The normalized spacial score (nSPS) is 20.6. The van der Waals surface area contributed by atoms with Crippen LogP contribution < -0.4 is 0 Å². The van der Waals surface area contributed by atoms with Gasteiger partial charge in [0.15, 0.2) is 6.29 Å². The Balaban J connectivity index is 2.29. The van der Waals surface area contributed by atoms with E-state index in [1.807, 2.05) is 0 Å². The monoisotopic (exact) mass is 893 g/mol.